The molecular formula is C37H23N3. The number of benzene rings is 6. The van der Waals surface area contributed by atoms with Crippen LogP contribution in [0.4, 0.5) is 0 Å². The molecule has 0 aliphatic heterocycles. The molecule has 3 nitrogen and oxygen atoms in total. The number of hydrogen-bond donors (Lipinski definition) is 0. The van der Waals surface area contributed by atoms with E-state index in [1.807, 2.05) is 18.2 Å². The zero-order valence-corrected chi connectivity index (χ0v) is 21.6. The van der Waals surface area contributed by atoms with E-state index in [-0.39, 0.29) is 0 Å². The van der Waals surface area contributed by atoms with Gasteiger partial charge in [0.2, 0.25) is 0 Å². The first-order valence-corrected chi connectivity index (χ1v) is 13.4. The maximum atomic E-state index is 9.74. The van der Waals surface area contributed by atoms with Crippen molar-refractivity contribution < 1.29 is 0 Å². The van der Waals surface area contributed by atoms with Gasteiger partial charge in [-0.25, -0.2) is 0 Å². The lowest BCUT2D eigenvalue weighted by molar-refractivity contribution is 1.17. The third kappa shape index (κ3) is 3.30. The first-order chi connectivity index (χ1) is 19.8. The van der Waals surface area contributed by atoms with Crippen molar-refractivity contribution in [1.82, 2.24) is 9.13 Å². The molecule has 0 radical (unpaired) electrons. The molecule has 0 atom stereocenters. The summed E-state index contributed by atoms with van der Waals surface area (Å²) in [7, 11) is 0. The van der Waals surface area contributed by atoms with E-state index in [4.69, 9.17) is 0 Å². The zero-order valence-electron chi connectivity index (χ0n) is 21.6. The summed E-state index contributed by atoms with van der Waals surface area (Å²) >= 11 is 0. The molecule has 0 bridgehead atoms. The second kappa shape index (κ2) is 8.73. The minimum atomic E-state index is 0.659. The van der Waals surface area contributed by atoms with Crippen LogP contribution in [-0.2, 0) is 0 Å². The Balaban J connectivity index is 1.42. The van der Waals surface area contributed by atoms with Gasteiger partial charge in [0.25, 0.3) is 0 Å². The molecule has 0 fully saturated rings. The van der Waals surface area contributed by atoms with Gasteiger partial charge in [0.15, 0.2) is 0 Å². The minimum Gasteiger partial charge on any atom is -0.309 e. The smallest absolute Gasteiger partial charge is 0.0991 e. The maximum Gasteiger partial charge on any atom is 0.0991 e. The Hall–Kier alpha value is -5.59. The summed E-state index contributed by atoms with van der Waals surface area (Å²) in [5, 5.41) is 14.4. The van der Waals surface area contributed by atoms with Crippen LogP contribution in [-0.4, -0.2) is 9.13 Å². The molecule has 0 saturated carbocycles. The normalized spacial score (nSPS) is 11.5. The van der Waals surface area contributed by atoms with E-state index in [0.717, 1.165) is 33.2 Å². The highest BCUT2D eigenvalue weighted by atomic mass is 15.0. The summed E-state index contributed by atoms with van der Waals surface area (Å²) in [6.07, 6.45) is 0. The van der Waals surface area contributed by atoms with Crippen molar-refractivity contribution in [1.29, 1.82) is 5.26 Å². The summed E-state index contributed by atoms with van der Waals surface area (Å²) in [6.45, 7) is 0. The van der Waals surface area contributed by atoms with Crippen LogP contribution in [0.25, 0.3) is 66.1 Å². The number of hydrogen-bond acceptors (Lipinski definition) is 1. The molecule has 0 aliphatic rings. The predicted molar refractivity (Wildman–Crippen MR) is 165 cm³/mol. The highest BCUT2D eigenvalue weighted by Gasteiger charge is 2.17. The fourth-order valence-electron chi connectivity index (χ4n) is 6.15. The number of para-hydroxylation sites is 2. The van der Waals surface area contributed by atoms with E-state index in [1.54, 1.807) is 0 Å². The second-order valence-corrected chi connectivity index (χ2v) is 10.2. The molecule has 186 valence electrons. The molecule has 0 amide bonds. The van der Waals surface area contributed by atoms with Crippen molar-refractivity contribution in [3.8, 4) is 28.6 Å². The SMILES string of the molecule is N#Cc1ccc2c(c1)c1cc(-n3c4ccccc4c4ccccc43)ccc1n2-c1cccc(-c2ccccc2)c1. The molecule has 3 heteroatoms. The van der Waals surface area contributed by atoms with E-state index in [0.29, 0.717) is 5.56 Å². The van der Waals surface area contributed by atoms with Crippen molar-refractivity contribution in [2.45, 2.75) is 0 Å². The van der Waals surface area contributed by atoms with Gasteiger partial charge in [-0.15, -0.1) is 0 Å². The monoisotopic (exact) mass is 509 g/mol. The van der Waals surface area contributed by atoms with Crippen LogP contribution in [0.15, 0.2) is 140 Å². The van der Waals surface area contributed by atoms with Crippen LogP contribution < -0.4 is 0 Å². The number of rotatable bonds is 3. The summed E-state index contributed by atoms with van der Waals surface area (Å²) in [4.78, 5) is 0. The summed E-state index contributed by atoms with van der Waals surface area (Å²) in [5.41, 5.74) is 9.76. The lowest BCUT2D eigenvalue weighted by atomic mass is 10.1. The van der Waals surface area contributed by atoms with Crippen molar-refractivity contribution in [3.05, 3.63) is 145 Å². The summed E-state index contributed by atoms with van der Waals surface area (Å²) < 4.78 is 4.66. The van der Waals surface area contributed by atoms with Gasteiger partial charge in [-0.05, 0) is 71.8 Å². The lowest BCUT2D eigenvalue weighted by Crippen LogP contribution is -1.96. The standard InChI is InChI=1S/C37H23N3/c38-24-25-17-19-36-32(21-25)33-23-29(40-34-15-6-4-13-30(34)31-14-5-7-16-35(31)40)18-20-37(33)39(36)28-12-8-11-27(22-28)26-9-2-1-3-10-26/h1-23H. The van der Waals surface area contributed by atoms with Crippen LogP contribution in [0.2, 0.25) is 0 Å². The average molecular weight is 510 g/mol. The summed E-state index contributed by atoms with van der Waals surface area (Å²) in [6, 6.07) is 51.3. The Morgan fingerprint density at radius 1 is 0.400 bits per heavy atom. The van der Waals surface area contributed by atoms with Crippen LogP contribution in [0.3, 0.4) is 0 Å². The van der Waals surface area contributed by atoms with Crippen molar-refractivity contribution in [2.75, 3.05) is 0 Å². The number of fused-ring (bicyclic) bond motifs is 6. The molecule has 0 aliphatic carbocycles. The molecular weight excluding hydrogens is 486 g/mol. The fraction of sp³-hybridized carbons (Fsp3) is 0. The average Bonchev–Trinajstić information content (AvgIpc) is 3.53. The van der Waals surface area contributed by atoms with Crippen molar-refractivity contribution in [3.63, 3.8) is 0 Å². The maximum absolute atomic E-state index is 9.74. The fourth-order valence-corrected chi connectivity index (χ4v) is 6.15. The molecule has 0 saturated heterocycles. The van der Waals surface area contributed by atoms with E-state index in [1.165, 1.54) is 32.9 Å². The Labute approximate surface area is 231 Å². The predicted octanol–water partition coefficient (Wildman–Crippen LogP) is 9.42. The first kappa shape index (κ1) is 22.4. The van der Waals surface area contributed by atoms with Crippen LogP contribution in [0.5, 0.6) is 0 Å². The number of aromatic nitrogens is 2. The van der Waals surface area contributed by atoms with Gasteiger partial charge < -0.3 is 9.13 Å². The second-order valence-electron chi connectivity index (χ2n) is 10.2. The van der Waals surface area contributed by atoms with Gasteiger partial charge >= 0.3 is 0 Å². The molecule has 0 N–H and O–H groups in total. The van der Waals surface area contributed by atoms with E-state index >= 15 is 0 Å². The molecule has 2 heterocycles. The molecule has 0 unspecified atom stereocenters. The Morgan fingerprint density at radius 3 is 1.65 bits per heavy atom. The number of nitrogens with zero attached hydrogens (tertiary/aromatic N) is 3. The third-order valence-electron chi connectivity index (χ3n) is 7.93. The Morgan fingerprint density at radius 2 is 0.950 bits per heavy atom. The highest BCUT2D eigenvalue weighted by molar-refractivity contribution is 6.12. The molecule has 6 aromatic carbocycles. The largest absolute Gasteiger partial charge is 0.309 e. The molecule has 0 spiro atoms. The van der Waals surface area contributed by atoms with E-state index < -0.39 is 0 Å². The molecule has 8 aromatic rings. The van der Waals surface area contributed by atoms with Crippen molar-refractivity contribution in [2.24, 2.45) is 0 Å². The van der Waals surface area contributed by atoms with Crippen LogP contribution >= 0.6 is 0 Å². The third-order valence-corrected chi connectivity index (χ3v) is 7.93. The van der Waals surface area contributed by atoms with Gasteiger partial charge in [-0.3, -0.25) is 0 Å². The van der Waals surface area contributed by atoms with Gasteiger partial charge in [-0.1, -0.05) is 78.9 Å². The Bertz CT molecular complexity index is 2220. The topological polar surface area (TPSA) is 33.6 Å². The zero-order chi connectivity index (χ0) is 26.6. The quantitative estimate of drug-likeness (QED) is 0.233. The van der Waals surface area contributed by atoms with Gasteiger partial charge in [-0.2, -0.15) is 5.26 Å². The van der Waals surface area contributed by atoms with Gasteiger partial charge in [0.05, 0.1) is 33.7 Å². The van der Waals surface area contributed by atoms with Crippen molar-refractivity contribution >= 4 is 43.6 Å². The van der Waals surface area contributed by atoms with Crippen LogP contribution in [0.1, 0.15) is 5.56 Å². The van der Waals surface area contributed by atoms with Gasteiger partial charge in [0, 0.05) is 32.9 Å². The molecule has 2 aromatic heterocycles. The molecule has 8 rings (SSSR count). The van der Waals surface area contributed by atoms with E-state index in [9.17, 15) is 5.26 Å². The highest BCUT2D eigenvalue weighted by Crippen LogP contribution is 2.37. The van der Waals surface area contributed by atoms with Gasteiger partial charge in [0.1, 0.15) is 0 Å². The first-order valence-electron chi connectivity index (χ1n) is 13.4. The van der Waals surface area contributed by atoms with Crippen LogP contribution in [0, 0.1) is 11.3 Å². The van der Waals surface area contributed by atoms with E-state index in [2.05, 4.69) is 137 Å². The molecule has 40 heavy (non-hydrogen) atoms. The lowest BCUT2D eigenvalue weighted by Gasteiger charge is -2.11. The summed E-state index contributed by atoms with van der Waals surface area (Å²) in [5.74, 6) is 0. The Kier molecular flexibility index (Phi) is 4.89. The minimum absolute atomic E-state index is 0.659. The number of nitriles is 1.